The van der Waals surface area contributed by atoms with Gasteiger partial charge < -0.3 is 10.4 Å². The monoisotopic (exact) mass is 385 g/mol. The molecule has 0 saturated heterocycles. The number of hydrogen-bond donors (Lipinski definition) is 2. The number of rotatable bonds is 3. The molecule has 0 heterocycles. The van der Waals surface area contributed by atoms with Crippen molar-refractivity contribution in [1.82, 2.24) is 5.32 Å². The Morgan fingerprint density at radius 2 is 1.90 bits per heavy atom. The van der Waals surface area contributed by atoms with E-state index < -0.39 is 11.9 Å². The summed E-state index contributed by atoms with van der Waals surface area (Å²) < 4.78 is 0.887. The van der Waals surface area contributed by atoms with E-state index in [0.717, 1.165) is 22.8 Å². The molecule has 1 aromatic rings. The third-order valence-corrected chi connectivity index (χ3v) is 5.56. The number of fused-ring (bicyclic) bond motifs is 2. The van der Waals surface area contributed by atoms with Crippen molar-refractivity contribution in [3.05, 3.63) is 33.4 Å². The quantitative estimate of drug-likeness (QED) is 0.786. The van der Waals surface area contributed by atoms with Crippen molar-refractivity contribution in [3.8, 4) is 0 Å². The Kier molecular flexibility index (Phi) is 3.70. The number of carboxylic acid groups (broad SMARTS) is 1. The number of nitrogens with one attached hydrogen (secondary N) is 1. The van der Waals surface area contributed by atoms with Crippen LogP contribution in [-0.4, -0.2) is 23.0 Å². The van der Waals surface area contributed by atoms with E-state index in [1.807, 2.05) is 18.2 Å². The van der Waals surface area contributed by atoms with Crippen LogP contribution >= 0.6 is 22.6 Å². The molecule has 2 N–H and O–H groups in total. The Balaban J connectivity index is 1.79. The SMILES string of the molecule is O=C(NC1C2CCC(C2)C1C(=O)O)c1ccccc1I. The minimum absolute atomic E-state index is 0.154. The molecule has 2 aliphatic carbocycles. The second-order valence-electron chi connectivity index (χ2n) is 5.68. The normalized spacial score (nSPS) is 31.2. The Hall–Kier alpha value is -1.11. The van der Waals surface area contributed by atoms with Crippen LogP contribution in [0.1, 0.15) is 29.6 Å². The predicted octanol–water partition coefficient (Wildman–Crippen LogP) is 2.52. The third kappa shape index (κ3) is 2.32. The van der Waals surface area contributed by atoms with E-state index in [-0.39, 0.29) is 17.9 Å². The van der Waals surface area contributed by atoms with Crippen molar-refractivity contribution in [2.45, 2.75) is 25.3 Å². The zero-order valence-electron chi connectivity index (χ0n) is 10.9. The minimum atomic E-state index is -0.773. The highest BCUT2D eigenvalue weighted by Gasteiger charge is 2.51. The van der Waals surface area contributed by atoms with Crippen LogP contribution < -0.4 is 5.32 Å². The molecule has 1 amide bonds. The van der Waals surface area contributed by atoms with Crippen LogP contribution in [0.25, 0.3) is 0 Å². The van der Waals surface area contributed by atoms with Crippen molar-refractivity contribution >= 4 is 34.5 Å². The molecule has 3 rings (SSSR count). The molecule has 0 radical (unpaired) electrons. The van der Waals surface area contributed by atoms with Gasteiger partial charge in [0.15, 0.2) is 0 Å². The van der Waals surface area contributed by atoms with Crippen LogP contribution in [0, 0.1) is 21.3 Å². The fourth-order valence-corrected chi connectivity index (χ4v) is 4.36. The second-order valence-corrected chi connectivity index (χ2v) is 6.84. The predicted molar refractivity (Wildman–Crippen MR) is 82.4 cm³/mol. The molecule has 1 aromatic carbocycles. The Bertz CT molecular complexity index is 560. The lowest BCUT2D eigenvalue weighted by atomic mass is 9.84. The molecule has 2 bridgehead atoms. The van der Waals surface area contributed by atoms with E-state index in [0.29, 0.717) is 11.5 Å². The first-order valence-electron chi connectivity index (χ1n) is 6.86. The fraction of sp³-hybridized carbons (Fsp3) is 0.467. The highest BCUT2D eigenvalue weighted by molar-refractivity contribution is 14.1. The molecule has 4 unspecified atom stereocenters. The molecule has 4 nitrogen and oxygen atoms in total. The number of aliphatic carboxylic acids is 1. The van der Waals surface area contributed by atoms with Crippen LogP contribution in [-0.2, 0) is 4.79 Å². The van der Waals surface area contributed by atoms with Gasteiger partial charge in [-0.15, -0.1) is 0 Å². The molecular weight excluding hydrogens is 369 g/mol. The summed E-state index contributed by atoms with van der Waals surface area (Å²) in [6.45, 7) is 0. The van der Waals surface area contributed by atoms with Gasteiger partial charge in [0.1, 0.15) is 0 Å². The first-order chi connectivity index (χ1) is 9.58. The lowest BCUT2D eigenvalue weighted by Crippen LogP contribution is -2.47. The number of carbonyl (C=O) groups excluding carboxylic acids is 1. The van der Waals surface area contributed by atoms with Crippen LogP contribution in [0.4, 0.5) is 0 Å². The number of benzene rings is 1. The summed E-state index contributed by atoms with van der Waals surface area (Å²) in [4.78, 5) is 23.8. The molecule has 2 saturated carbocycles. The van der Waals surface area contributed by atoms with E-state index in [4.69, 9.17) is 0 Å². The maximum atomic E-state index is 12.4. The summed E-state index contributed by atoms with van der Waals surface area (Å²) in [5.41, 5.74) is 0.625. The summed E-state index contributed by atoms with van der Waals surface area (Å²) in [5, 5.41) is 12.4. The van der Waals surface area contributed by atoms with Crippen LogP contribution in [0.15, 0.2) is 24.3 Å². The lowest BCUT2D eigenvalue weighted by molar-refractivity contribution is -0.144. The molecule has 0 aromatic heterocycles. The fourth-order valence-electron chi connectivity index (χ4n) is 3.73. The van der Waals surface area contributed by atoms with Gasteiger partial charge in [0.25, 0.3) is 5.91 Å². The molecule has 0 aliphatic heterocycles. The first-order valence-corrected chi connectivity index (χ1v) is 7.94. The summed E-state index contributed by atoms with van der Waals surface area (Å²) in [7, 11) is 0. The van der Waals surface area contributed by atoms with E-state index in [1.54, 1.807) is 6.07 Å². The van der Waals surface area contributed by atoms with Gasteiger partial charge >= 0.3 is 5.97 Å². The van der Waals surface area contributed by atoms with Crippen molar-refractivity contribution in [2.75, 3.05) is 0 Å². The molecule has 0 spiro atoms. The van der Waals surface area contributed by atoms with E-state index in [9.17, 15) is 14.7 Å². The molecular formula is C15H16INO3. The average molecular weight is 385 g/mol. The number of amides is 1. The van der Waals surface area contributed by atoms with Gasteiger partial charge in [-0.25, -0.2) is 0 Å². The maximum Gasteiger partial charge on any atom is 0.308 e. The van der Waals surface area contributed by atoms with Crippen LogP contribution in [0.5, 0.6) is 0 Å². The maximum absolute atomic E-state index is 12.4. The summed E-state index contributed by atoms with van der Waals surface area (Å²) >= 11 is 2.13. The second kappa shape index (κ2) is 5.35. The van der Waals surface area contributed by atoms with E-state index >= 15 is 0 Å². The van der Waals surface area contributed by atoms with Gasteiger partial charge in [-0.05, 0) is 65.8 Å². The topological polar surface area (TPSA) is 66.4 Å². The minimum Gasteiger partial charge on any atom is -0.481 e. The van der Waals surface area contributed by atoms with Crippen molar-refractivity contribution < 1.29 is 14.7 Å². The highest BCUT2D eigenvalue weighted by atomic mass is 127. The number of carbonyl (C=O) groups is 2. The average Bonchev–Trinajstić information content (AvgIpc) is 2.99. The van der Waals surface area contributed by atoms with Crippen LogP contribution in [0.3, 0.4) is 0 Å². The molecule has 5 heteroatoms. The van der Waals surface area contributed by atoms with Gasteiger partial charge in [-0.3, -0.25) is 9.59 Å². The van der Waals surface area contributed by atoms with Crippen molar-refractivity contribution in [2.24, 2.45) is 17.8 Å². The zero-order valence-corrected chi connectivity index (χ0v) is 13.0. The van der Waals surface area contributed by atoms with Crippen molar-refractivity contribution in [3.63, 3.8) is 0 Å². The Labute approximate surface area is 131 Å². The standard InChI is InChI=1S/C15H16INO3/c16-11-4-2-1-3-10(11)14(18)17-13-9-6-5-8(7-9)12(13)15(19)20/h1-4,8-9,12-13H,5-7H2,(H,17,18)(H,19,20). The molecule has 2 fully saturated rings. The van der Waals surface area contributed by atoms with Gasteiger partial charge in [0.2, 0.25) is 0 Å². The van der Waals surface area contributed by atoms with Gasteiger partial charge in [-0.1, -0.05) is 12.1 Å². The number of halogens is 1. The largest absolute Gasteiger partial charge is 0.481 e. The molecule has 4 atom stereocenters. The van der Waals surface area contributed by atoms with Crippen molar-refractivity contribution in [1.29, 1.82) is 0 Å². The lowest BCUT2D eigenvalue weighted by Gasteiger charge is -2.29. The van der Waals surface area contributed by atoms with E-state index in [2.05, 4.69) is 27.9 Å². The van der Waals surface area contributed by atoms with Gasteiger partial charge in [-0.2, -0.15) is 0 Å². The molecule has 2 aliphatic rings. The number of carboxylic acids is 1. The summed E-state index contributed by atoms with van der Waals surface area (Å²) in [6, 6.07) is 7.16. The van der Waals surface area contributed by atoms with E-state index in [1.165, 1.54) is 0 Å². The Morgan fingerprint density at radius 1 is 1.20 bits per heavy atom. The summed E-state index contributed by atoms with van der Waals surface area (Å²) in [6.07, 6.45) is 2.95. The number of hydrogen-bond acceptors (Lipinski definition) is 2. The first kappa shape index (κ1) is 13.9. The third-order valence-electron chi connectivity index (χ3n) is 4.62. The van der Waals surface area contributed by atoms with Crippen LogP contribution in [0.2, 0.25) is 0 Å². The van der Waals surface area contributed by atoms with Gasteiger partial charge in [0, 0.05) is 9.61 Å². The summed E-state index contributed by atoms with van der Waals surface area (Å²) in [5.74, 6) is -0.785. The molecule has 106 valence electrons. The Morgan fingerprint density at radius 3 is 2.60 bits per heavy atom. The zero-order chi connectivity index (χ0) is 14.3. The highest BCUT2D eigenvalue weighted by Crippen LogP contribution is 2.48. The molecule has 20 heavy (non-hydrogen) atoms. The van der Waals surface area contributed by atoms with Gasteiger partial charge in [0.05, 0.1) is 11.5 Å². The smallest absolute Gasteiger partial charge is 0.308 e.